The van der Waals surface area contributed by atoms with Crippen molar-refractivity contribution in [1.29, 1.82) is 0 Å². The van der Waals surface area contributed by atoms with Gasteiger partial charge in [-0.15, -0.1) is 0 Å². The lowest BCUT2D eigenvalue weighted by atomic mass is 9.84. The molecule has 1 aliphatic carbocycles. The number of carbonyl (C=O) groups excluding carboxylic acids is 1. The van der Waals surface area contributed by atoms with Gasteiger partial charge in [0.05, 0.1) is 18.0 Å². The van der Waals surface area contributed by atoms with Gasteiger partial charge >= 0.3 is 0 Å². The second kappa shape index (κ2) is 12.6. The average Bonchev–Trinajstić information content (AvgIpc) is 3.00. The van der Waals surface area contributed by atoms with E-state index in [0.29, 0.717) is 11.6 Å². The summed E-state index contributed by atoms with van der Waals surface area (Å²) in [6.07, 6.45) is 4.19. The second-order valence-electron chi connectivity index (χ2n) is 10.9. The molecule has 4 aromatic rings. The maximum Gasteiger partial charge on any atom is 0.243 e. The standard InChI is InChI=1S/C33H36N2O6S/c1-34(42(40,41)29-17-15-25-9-5-6-10-27(25)19-29)22-32(37)35(28-16-18-30(33(38)39)31(36)20-28)21-23-11-13-26(14-12-23)24-7-3-2-4-8-24/h5-6,9-20,24,33,36,38-39H,2-4,7-8,21-22H2,1H3. The molecule has 220 valence electrons. The number of aromatic hydroxyl groups is 1. The Morgan fingerprint density at radius 1 is 0.881 bits per heavy atom. The first kappa shape index (κ1) is 29.7. The number of phenolic OH excluding ortho intramolecular Hbond substituents is 1. The van der Waals surface area contributed by atoms with Crippen LogP contribution in [0, 0.1) is 0 Å². The minimum atomic E-state index is -3.99. The van der Waals surface area contributed by atoms with Gasteiger partial charge in [0.25, 0.3) is 0 Å². The molecular formula is C33H36N2O6S. The molecule has 0 bridgehead atoms. The number of hydrogen-bond donors (Lipinski definition) is 3. The molecule has 0 unspecified atom stereocenters. The third-order valence-corrected chi connectivity index (χ3v) is 9.89. The first-order valence-electron chi connectivity index (χ1n) is 14.2. The highest BCUT2D eigenvalue weighted by Crippen LogP contribution is 2.33. The molecule has 5 rings (SSSR count). The van der Waals surface area contributed by atoms with Crippen LogP contribution in [0.2, 0.25) is 0 Å². The smallest absolute Gasteiger partial charge is 0.243 e. The van der Waals surface area contributed by atoms with E-state index in [1.165, 1.54) is 73.9 Å². The number of amides is 1. The van der Waals surface area contributed by atoms with Crippen LogP contribution >= 0.6 is 0 Å². The Labute approximate surface area is 246 Å². The number of anilines is 1. The molecule has 0 heterocycles. The molecule has 0 radical (unpaired) electrons. The zero-order valence-electron chi connectivity index (χ0n) is 23.6. The summed E-state index contributed by atoms with van der Waals surface area (Å²) >= 11 is 0. The number of aliphatic hydroxyl groups excluding tert-OH is 1. The molecule has 0 aromatic heterocycles. The molecular weight excluding hydrogens is 552 g/mol. The number of fused-ring (bicyclic) bond motifs is 1. The van der Waals surface area contributed by atoms with Gasteiger partial charge in [0.2, 0.25) is 15.9 Å². The van der Waals surface area contributed by atoms with Crippen molar-refractivity contribution >= 4 is 32.4 Å². The van der Waals surface area contributed by atoms with Gasteiger partial charge in [-0.3, -0.25) is 4.79 Å². The third kappa shape index (κ3) is 6.50. The van der Waals surface area contributed by atoms with Crippen molar-refractivity contribution in [3.8, 4) is 5.75 Å². The zero-order chi connectivity index (χ0) is 29.9. The molecule has 1 fully saturated rings. The largest absolute Gasteiger partial charge is 0.507 e. The highest BCUT2D eigenvalue weighted by molar-refractivity contribution is 7.89. The van der Waals surface area contributed by atoms with Crippen LogP contribution in [0.25, 0.3) is 10.8 Å². The Morgan fingerprint density at radius 3 is 2.24 bits per heavy atom. The van der Waals surface area contributed by atoms with Crippen molar-refractivity contribution in [1.82, 2.24) is 4.31 Å². The van der Waals surface area contributed by atoms with E-state index in [1.54, 1.807) is 12.1 Å². The lowest BCUT2D eigenvalue weighted by molar-refractivity contribution is -0.118. The van der Waals surface area contributed by atoms with Crippen LogP contribution in [0.15, 0.2) is 89.8 Å². The third-order valence-electron chi connectivity index (χ3n) is 8.09. The van der Waals surface area contributed by atoms with E-state index in [0.717, 1.165) is 20.6 Å². The normalized spacial score (nSPS) is 14.5. The van der Waals surface area contributed by atoms with E-state index >= 15 is 0 Å². The van der Waals surface area contributed by atoms with Crippen LogP contribution in [0.4, 0.5) is 5.69 Å². The van der Waals surface area contributed by atoms with Gasteiger partial charge in [0, 0.05) is 24.4 Å². The number of nitrogens with zero attached hydrogens (tertiary/aromatic N) is 2. The lowest BCUT2D eigenvalue weighted by Gasteiger charge is -2.27. The number of hydrogen-bond acceptors (Lipinski definition) is 6. The first-order chi connectivity index (χ1) is 20.1. The molecule has 0 saturated heterocycles. The molecule has 9 heteroatoms. The fourth-order valence-corrected chi connectivity index (χ4v) is 6.78. The van der Waals surface area contributed by atoms with Crippen LogP contribution in [0.3, 0.4) is 0 Å². The SMILES string of the molecule is CN(CC(=O)N(Cc1ccc(C2CCCCC2)cc1)c1ccc(C(O)O)c(O)c1)S(=O)(=O)c1ccc2ccccc2c1. The zero-order valence-corrected chi connectivity index (χ0v) is 24.4. The number of phenols is 1. The Kier molecular flexibility index (Phi) is 8.93. The van der Waals surface area contributed by atoms with Gasteiger partial charge in [0.15, 0.2) is 6.29 Å². The van der Waals surface area contributed by atoms with Crippen LogP contribution < -0.4 is 4.90 Å². The summed E-state index contributed by atoms with van der Waals surface area (Å²) in [6.45, 7) is -0.311. The van der Waals surface area contributed by atoms with Crippen molar-refractivity contribution in [3.63, 3.8) is 0 Å². The van der Waals surface area contributed by atoms with Crippen LogP contribution in [0.1, 0.15) is 61.0 Å². The average molecular weight is 589 g/mol. The fraction of sp³-hybridized carbons (Fsp3) is 0.303. The number of sulfonamides is 1. The Hall–Kier alpha value is -3.76. The van der Waals surface area contributed by atoms with Crippen LogP contribution in [0.5, 0.6) is 5.75 Å². The van der Waals surface area contributed by atoms with Gasteiger partial charge in [-0.25, -0.2) is 8.42 Å². The van der Waals surface area contributed by atoms with Gasteiger partial charge < -0.3 is 20.2 Å². The minimum absolute atomic E-state index is 0.0836. The molecule has 0 aliphatic heterocycles. The van der Waals surface area contributed by atoms with Gasteiger partial charge in [-0.05, 0) is 64.9 Å². The van der Waals surface area contributed by atoms with Crippen molar-refractivity contribution in [2.24, 2.45) is 0 Å². The summed E-state index contributed by atoms with van der Waals surface area (Å²) in [5, 5.41) is 31.2. The Morgan fingerprint density at radius 2 is 1.57 bits per heavy atom. The number of aliphatic hydroxyl groups is 2. The molecule has 1 saturated carbocycles. The molecule has 3 N–H and O–H groups in total. The quantitative estimate of drug-likeness (QED) is 0.225. The maximum absolute atomic E-state index is 13.7. The van der Waals surface area contributed by atoms with E-state index in [2.05, 4.69) is 12.1 Å². The predicted molar refractivity (Wildman–Crippen MR) is 163 cm³/mol. The first-order valence-corrected chi connectivity index (χ1v) is 15.6. The van der Waals surface area contributed by atoms with E-state index in [9.17, 15) is 28.5 Å². The summed E-state index contributed by atoms with van der Waals surface area (Å²) in [7, 11) is -2.62. The van der Waals surface area contributed by atoms with Crippen LogP contribution in [-0.4, -0.2) is 47.5 Å². The molecule has 0 spiro atoms. The molecule has 0 atom stereocenters. The Balaban J connectivity index is 1.40. The van der Waals surface area contributed by atoms with E-state index in [-0.39, 0.29) is 22.8 Å². The highest BCUT2D eigenvalue weighted by Gasteiger charge is 2.27. The number of carbonyl (C=O) groups is 1. The number of benzene rings is 4. The van der Waals surface area contributed by atoms with Gasteiger partial charge in [-0.1, -0.05) is 73.9 Å². The summed E-state index contributed by atoms with van der Waals surface area (Å²) in [6, 6.07) is 24.6. The van der Waals surface area contributed by atoms with E-state index in [4.69, 9.17) is 0 Å². The summed E-state index contributed by atoms with van der Waals surface area (Å²) in [4.78, 5) is 15.2. The molecule has 42 heavy (non-hydrogen) atoms. The summed E-state index contributed by atoms with van der Waals surface area (Å²) in [5.74, 6) is -0.353. The topological polar surface area (TPSA) is 118 Å². The van der Waals surface area contributed by atoms with Crippen molar-refractivity contribution in [2.45, 2.75) is 55.8 Å². The monoisotopic (exact) mass is 588 g/mol. The van der Waals surface area contributed by atoms with Crippen molar-refractivity contribution < 1.29 is 28.5 Å². The van der Waals surface area contributed by atoms with Gasteiger partial charge in [0.1, 0.15) is 5.75 Å². The maximum atomic E-state index is 13.7. The summed E-state index contributed by atoms with van der Waals surface area (Å²) < 4.78 is 27.9. The van der Waals surface area contributed by atoms with Crippen molar-refractivity contribution in [3.05, 3.63) is 102 Å². The van der Waals surface area contributed by atoms with Crippen molar-refractivity contribution in [2.75, 3.05) is 18.5 Å². The minimum Gasteiger partial charge on any atom is -0.507 e. The second-order valence-corrected chi connectivity index (χ2v) is 13.0. The molecule has 4 aromatic carbocycles. The summed E-state index contributed by atoms with van der Waals surface area (Å²) in [5.41, 5.74) is 2.32. The van der Waals surface area contributed by atoms with E-state index in [1.807, 2.05) is 36.4 Å². The fourth-order valence-electron chi connectivity index (χ4n) is 5.62. The lowest BCUT2D eigenvalue weighted by Crippen LogP contribution is -2.41. The molecule has 1 amide bonds. The molecule has 1 aliphatic rings. The van der Waals surface area contributed by atoms with Crippen LogP contribution in [-0.2, 0) is 21.4 Å². The van der Waals surface area contributed by atoms with Gasteiger partial charge in [-0.2, -0.15) is 4.31 Å². The molecule has 8 nitrogen and oxygen atoms in total. The van der Waals surface area contributed by atoms with E-state index < -0.39 is 28.8 Å². The highest BCUT2D eigenvalue weighted by atomic mass is 32.2. The predicted octanol–water partition coefficient (Wildman–Crippen LogP) is 5.43. The Bertz CT molecular complexity index is 1660. The number of likely N-dealkylation sites (N-methyl/N-ethyl adjacent to an activating group) is 1. The number of rotatable bonds is 9.